The molecular formula is C5H7N3O3S2. The highest BCUT2D eigenvalue weighted by molar-refractivity contribution is 7.81. The Labute approximate surface area is 80.2 Å². The van der Waals surface area contributed by atoms with E-state index in [1.165, 1.54) is 11.6 Å². The van der Waals surface area contributed by atoms with Gasteiger partial charge in [-0.25, -0.2) is 8.89 Å². The molecule has 1 atom stereocenters. The first-order valence-corrected chi connectivity index (χ1v) is 5.13. The Morgan fingerprint density at radius 3 is 2.77 bits per heavy atom. The lowest BCUT2D eigenvalue weighted by Gasteiger charge is -1.84. The molecule has 0 fully saturated rings. The molecule has 0 aliphatic heterocycles. The Kier molecular flexibility index (Phi) is 3.07. The Hall–Kier alpha value is -0.860. The van der Waals surface area contributed by atoms with Gasteiger partial charge < -0.3 is 4.55 Å². The molecule has 1 heterocycles. The van der Waals surface area contributed by atoms with E-state index in [4.69, 9.17) is 4.55 Å². The Morgan fingerprint density at radius 2 is 2.38 bits per heavy atom. The van der Waals surface area contributed by atoms with Crippen molar-refractivity contribution in [2.24, 2.45) is 12.0 Å². The summed E-state index contributed by atoms with van der Waals surface area (Å²) in [6.07, 6.45) is 0. The normalized spacial score (nSPS) is 14.5. The molecule has 1 aromatic rings. The van der Waals surface area contributed by atoms with Gasteiger partial charge in [0, 0.05) is 14.0 Å². The number of rotatable bonds is 1. The highest BCUT2D eigenvalue weighted by Crippen LogP contribution is 2.01. The van der Waals surface area contributed by atoms with E-state index in [9.17, 15) is 9.00 Å². The van der Waals surface area contributed by atoms with E-state index in [1.54, 1.807) is 7.05 Å². The molecule has 0 aromatic carbocycles. The van der Waals surface area contributed by atoms with Gasteiger partial charge >= 0.3 is 0 Å². The number of carbonyl (C=O) groups is 1. The van der Waals surface area contributed by atoms with Gasteiger partial charge in [-0.15, -0.1) is 5.10 Å². The van der Waals surface area contributed by atoms with Gasteiger partial charge in [-0.1, -0.05) is 11.3 Å². The maximum absolute atomic E-state index is 10.6. The average molecular weight is 221 g/mol. The van der Waals surface area contributed by atoms with E-state index in [0.29, 0.717) is 4.80 Å². The van der Waals surface area contributed by atoms with Gasteiger partial charge in [-0.05, 0) is 0 Å². The van der Waals surface area contributed by atoms with Gasteiger partial charge in [0.25, 0.3) is 0 Å². The SMILES string of the molecule is CC(=O)N=c1sc(S(=O)O)nn1C. The molecule has 1 aromatic heterocycles. The fraction of sp³-hybridized carbons (Fsp3) is 0.400. The summed E-state index contributed by atoms with van der Waals surface area (Å²) >= 11 is -1.21. The van der Waals surface area contributed by atoms with Crippen molar-refractivity contribution in [2.45, 2.75) is 11.3 Å². The molecule has 72 valence electrons. The van der Waals surface area contributed by atoms with Crippen molar-refractivity contribution in [1.82, 2.24) is 9.78 Å². The van der Waals surface area contributed by atoms with E-state index >= 15 is 0 Å². The summed E-state index contributed by atoms with van der Waals surface area (Å²) in [7, 11) is 1.55. The molecule has 13 heavy (non-hydrogen) atoms. The number of amides is 1. The average Bonchev–Trinajstić information content (AvgIpc) is 2.31. The summed E-state index contributed by atoms with van der Waals surface area (Å²) in [4.78, 5) is 14.5. The van der Waals surface area contributed by atoms with E-state index in [2.05, 4.69) is 10.1 Å². The van der Waals surface area contributed by atoms with Crippen LogP contribution in [0.25, 0.3) is 0 Å². The highest BCUT2D eigenvalue weighted by atomic mass is 32.2. The molecule has 0 saturated carbocycles. The Morgan fingerprint density at radius 1 is 1.77 bits per heavy atom. The van der Waals surface area contributed by atoms with E-state index in [1.807, 2.05) is 0 Å². The summed E-state index contributed by atoms with van der Waals surface area (Å²) in [5.41, 5.74) is 0. The van der Waals surface area contributed by atoms with Crippen molar-refractivity contribution in [3.05, 3.63) is 4.80 Å². The smallest absolute Gasteiger partial charge is 0.245 e. The third-order valence-electron chi connectivity index (χ3n) is 1.09. The molecule has 1 unspecified atom stereocenters. The maximum Gasteiger partial charge on any atom is 0.245 e. The van der Waals surface area contributed by atoms with Crippen molar-refractivity contribution in [3.8, 4) is 0 Å². The number of aryl methyl sites for hydroxylation is 1. The zero-order chi connectivity index (χ0) is 10.0. The molecular weight excluding hydrogens is 214 g/mol. The van der Waals surface area contributed by atoms with Crippen LogP contribution in [0.1, 0.15) is 6.92 Å². The van der Waals surface area contributed by atoms with Crippen LogP contribution in [0.5, 0.6) is 0 Å². The lowest BCUT2D eigenvalue weighted by Crippen LogP contribution is -2.13. The third-order valence-corrected chi connectivity index (χ3v) is 2.94. The quantitative estimate of drug-likeness (QED) is 0.648. The van der Waals surface area contributed by atoms with Crippen molar-refractivity contribution in [2.75, 3.05) is 0 Å². The van der Waals surface area contributed by atoms with E-state index in [0.717, 1.165) is 11.3 Å². The molecule has 1 N–H and O–H groups in total. The minimum absolute atomic E-state index is 0.0301. The Balaban J connectivity index is 3.25. The number of carbonyl (C=O) groups excluding carboxylic acids is 1. The second kappa shape index (κ2) is 3.90. The van der Waals surface area contributed by atoms with Crippen LogP contribution in [0.3, 0.4) is 0 Å². The fourth-order valence-electron chi connectivity index (χ4n) is 0.630. The van der Waals surface area contributed by atoms with Crippen molar-refractivity contribution >= 4 is 28.3 Å². The van der Waals surface area contributed by atoms with Crippen LogP contribution in [0.2, 0.25) is 0 Å². The van der Waals surface area contributed by atoms with Crippen LogP contribution >= 0.6 is 11.3 Å². The van der Waals surface area contributed by atoms with Crippen LogP contribution in [0.15, 0.2) is 9.33 Å². The predicted octanol–water partition coefficient (Wildman–Crippen LogP) is -0.491. The number of aromatic nitrogens is 2. The first-order chi connectivity index (χ1) is 6.00. The first-order valence-electron chi connectivity index (χ1n) is 3.21. The topological polar surface area (TPSA) is 84.6 Å². The lowest BCUT2D eigenvalue weighted by molar-refractivity contribution is -0.116. The third kappa shape index (κ3) is 2.54. The summed E-state index contributed by atoms with van der Waals surface area (Å²) in [6.45, 7) is 1.30. The van der Waals surface area contributed by atoms with Crippen molar-refractivity contribution in [1.29, 1.82) is 0 Å². The van der Waals surface area contributed by atoms with Gasteiger partial charge in [0.2, 0.25) is 26.1 Å². The molecule has 0 saturated heterocycles. The zero-order valence-electron chi connectivity index (χ0n) is 6.92. The first kappa shape index (κ1) is 10.2. The molecule has 0 aliphatic rings. The fourth-order valence-corrected chi connectivity index (χ4v) is 2.00. The van der Waals surface area contributed by atoms with Crippen LogP contribution in [0, 0.1) is 0 Å². The molecule has 0 bridgehead atoms. The second-order valence-electron chi connectivity index (χ2n) is 2.15. The summed E-state index contributed by atoms with van der Waals surface area (Å²) < 4.78 is 20.6. The van der Waals surface area contributed by atoms with E-state index in [-0.39, 0.29) is 10.2 Å². The van der Waals surface area contributed by atoms with E-state index < -0.39 is 11.1 Å². The molecule has 0 spiro atoms. The largest absolute Gasteiger partial charge is 0.300 e. The van der Waals surface area contributed by atoms with Crippen LogP contribution in [0.4, 0.5) is 0 Å². The predicted molar refractivity (Wildman–Crippen MR) is 46.4 cm³/mol. The van der Waals surface area contributed by atoms with Gasteiger partial charge in [0.05, 0.1) is 0 Å². The van der Waals surface area contributed by atoms with Gasteiger partial charge in [-0.2, -0.15) is 4.99 Å². The van der Waals surface area contributed by atoms with Gasteiger partial charge in [0.15, 0.2) is 0 Å². The molecule has 1 amide bonds. The van der Waals surface area contributed by atoms with Crippen LogP contribution < -0.4 is 4.80 Å². The van der Waals surface area contributed by atoms with Crippen LogP contribution in [-0.2, 0) is 22.9 Å². The molecule has 0 radical (unpaired) electrons. The minimum Gasteiger partial charge on any atom is -0.300 e. The monoisotopic (exact) mass is 221 g/mol. The summed E-state index contributed by atoms with van der Waals surface area (Å²) in [5.74, 6) is -0.366. The minimum atomic E-state index is -2.12. The van der Waals surface area contributed by atoms with Crippen molar-refractivity contribution in [3.63, 3.8) is 0 Å². The maximum atomic E-state index is 10.6. The van der Waals surface area contributed by atoms with Crippen molar-refractivity contribution < 1.29 is 13.6 Å². The lowest BCUT2D eigenvalue weighted by atomic mass is 10.8. The summed E-state index contributed by atoms with van der Waals surface area (Å²) in [6, 6.07) is 0. The van der Waals surface area contributed by atoms with Gasteiger partial charge in [-0.3, -0.25) is 4.79 Å². The number of nitrogens with zero attached hydrogens (tertiary/aromatic N) is 3. The number of hydrogen-bond donors (Lipinski definition) is 1. The standard InChI is InChI=1S/C5H7N3O3S2/c1-3(9)6-4-8(2)7-5(12-4)13(10)11/h1-2H3,(H,10,11). The summed E-state index contributed by atoms with van der Waals surface area (Å²) in [5, 5.41) is 3.70. The molecule has 6 nitrogen and oxygen atoms in total. The zero-order valence-corrected chi connectivity index (χ0v) is 8.55. The molecule has 0 aliphatic carbocycles. The number of hydrogen-bond acceptors (Lipinski definition) is 4. The molecule has 1 rings (SSSR count). The highest BCUT2D eigenvalue weighted by Gasteiger charge is 2.07. The van der Waals surface area contributed by atoms with Gasteiger partial charge in [0.1, 0.15) is 0 Å². The Bertz CT molecular complexity index is 419. The second-order valence-corrected chi connectivity index (χ2v) is 4.25. The molecule has 8 heteroatoms. The van der Waals surface area contributed by atoms with Crippen LogP contribution in [-0.4, -0.2) is 24.4 Å².